The van der Waals surface area contributed by atoms with E-state index in [1.54, 1.807) is 18.2 Å². The lowest BCUT2D eigenvalue weighted by atomic mass is 9.76. The molecule has 0 aromatic heterocycles. The Morgan fingerprint density at radius 1 is 1.06 bits per heavy atom. The molecule has 3 rings (SSSR count). The van der Waals surface area contributed by atoms with Crippen LogP contribution in [0.25, 0.3) is 0 Å². The molecule has 0 spiro atoms. The highest BCUT2D eigenvalue weighted by Gasteiger charge is 2.54. The van der Waals surface area contributed by atoms with Crippen LogP contribution in [0.15, 0.2) is 42.5 Å². The molecule has 6 N–H and O–H groups in total. The van der Waals surface area contributed by atoms with E-state index < -0.39 is 49.3 Å². The zero-order valence-electron chi connectivity index (χ0n) is 18.3. The van der Waals surface area contributed by atoms with Crippen molar-refractivity contribution < 1.29 is 40.1 Å². The number of hydrogen-bond donors (Lipinski definition) is 6. The first-order valence-corrected chi connectivity index (χ1v) is 11.3. The van der Waals surface area contributed by atoms with E-state index in [4.69, 9.17) is 21.1 Å². The van der Waals surface area contributed by atoms with Crippen LogP contribution in [0, 0.1) is 0 Å². The van der Waals surface area contributed by atoms with Crippen molar-refractivity contribution in [3.05, 3.63) is 64.2 Å². The van der Waals surface area contributed by atoms with E-state index in [-0.39, 0.29) is 6.42 Å². The Labute approximate surface area is 197 Å². The molecule has 1 aliphatic heterocycles. The van der Waals surface area contributed by atoms with Crippen molar-refractivity contribution in [2.45, 2.75) is 55.9 Å². The lowest BCUT2D eigenvalue weighted by molar-refractivity contribution is -0.287. The van der Waals surface area contributed by atoms with Crippen molar-refractivity contribution in [1.82, 2.24) is 0 Å². The molecule has 0 bridgehead atoms. The average Bonchev–Trinajstić information content (AvgIpc) is 2.82. The molecule has 6 atom stereocenters. The van der Waals surface area contributed by atoms with E-state index in [0.717, 1.165) is 11.3 Å². The van der Waals surface area contributed by atoms with Crippen LogP contribution in [-0.2, 0) is 16.8 Å². The van der Waals surface area contributed by atoms with Crippen LogP contribution in [0.3, 0.4) is 0 Å². The summed E-state index contributed by atoms with van der Waals surface area (Å²) in [4.78, 5) is 0. The van der Waals surface area contributed by atoms with Crippen molar-refractivity contribution in [1.29, 1.82) is 0 Å². The minimum Gasteiger partial charge on any atom is -0.494 e. The van der Waals surface area contributed by atoms with Crippen LogP contribution in [0.4, 0.5) is 0 Å². The van der Waals surface area contributed by atoms with Gasteiger partial charge in [-0.05, 0) is 48.2 Å². The highest BCUT2D eigenvalue weighted by atomic mass is 35.5. The van der Waals surface area contributed by atoms with Gasteiger partial charge in [-0.15, -0.1) is 0 Å². The van der Waals surface area contributed by atoms with Gasteiger partial charge >= 0.3 is 0 Å². The maximum atomic E-state index is 10.9. The molecule has 1 unspecified atom stereocenters. The molecule has 0 amide bonds. The van der Waals surface area contributed by atoms with Gasteiger partial charge in [0.25, 0.3) is 0 Å². The Hall–Kier alpha value is -1.75. The van der Waals surface area contributed by atoms with E-state index >= 15 is 0 Å². The normalized spacial score (nSPS) is 28.5. The third-order valence-corrected chi connectivity index (χ3v) is 6.36. The van der Waals surface area contributed by atoms with Gasteiger partial charge in [-0.25, -0.2) is 0 Å². The lowest BCUT2D eigenvalue weighted by Crippen LogP contribution is -2.64. The van der Waals surface area contributed by atoms with Crippen LogP contribution in [0.5, 0.6) is 5.75 Å². The van der Waals surface area contributed by atoms with Crippen LogP contribution in [0.2, 0.25) is 5.02 Å². The molecular weight excluding hydrogens is 452 g/mol. The molecule has 2 aromatic carbocycles. The number of aliphatic hydroxyl groups excluding tert-OH is 6. The molecule has 182 valence electrons. The Morgan fingerprint density at radius 3 is 2.36 bits per heavy atom. The lowest BCUT2D eigenvalue weighted by Gasteiger charge is -2.49. The molecule has 2 aromatic rings. The summed E-state index contributed by atoms with van der Waals surface area (Å²) in [6.45, 7) is 1.25. The first-order valence-electron chi connectivity index (χ1n) is 10.9. The summed E-state index contributed by atoms with van der Waals surface area (Å²) in [6, 6.07) is 12.4. The van der Waals surface area contributed by atoms with Crippen molar-refractivity contribution in [2.75, 3.05) is 19.8 Å². The molecule has 0 aliphatic carbocycles. The molecule has 1 aliphatic rings. The molecule has 1 saturated heterocycles. The average molecular weight is 483 g/mol. The summed E-state index contributed by atoms with van der Waals surface area (Å²) < 4.78 is 11.4. The topological polar surface area (TPSA) is 140 Å². The van der Waals surface area contributed by atoms with Crippen LogP contribution < -0.4 is 4.74 Å². The van der Waals surface area contributed by atoms with Gasteiger partial charge in [-0.3, -0.25) is 0 Å². The third-order valence-electron chi connectivity index (χ3n) is 5.99. The summed E-state index contributed by atoms with van der Waals surface area (Å²) in [6.07, 6.45) is -7.15. The SMILES string of the molecule is CCOc1ccc(Cc2cc(C3(C[C@H](O)CO)O[C@H](CO)[C@@H](O)[C@H](O)[C@H]3O)ccc2Cl)cc1. The molecule has 1 fully saturated rings. The van der Waals surface area contributed by atoms with Gasteiger partial charge in [0.15, 0.2) is 0 Å². The molecule has 33 heavy (non-hydrogen) atoms. The van der Waals surface area contributed by atoms with Gasteiger partial charge in [0.1, 0.15) is 35.8 Å². The Balaban J connectivity index is 2.01. The minimum absolute atomic E-state index is 0.283. The predicted molar refractivity (Wildman–Crippen MR) is 121 cm³/mol. The molecule has 9 heteroatoms. The van der Waals surface area contributed by atoms with Gasteiger partial charge in [-0.1, -0.05) is 35.9 Å². The van der Waals surface area contributed by atoms with Gasteiger partial charge in [-0.2, -0.15) is 0 Å². The number of rotatable bonds is 9. The summed E-state index contributed by atoms with van der Waals surface area (Å²) in [7, 11) is 0. The molecule has 1 heterocycles. The van der Waals surface area contributed by atoms with E-state index in [0.29, 0.717) is 29.2 Å². The van der Waals surface area contributed by atoms with Crippen LogP contribution in [0.1, 0.15) is 30.0 Å². The number of halogens is 1. The summed E-state index contributed by atoms with van der Waals surface area (Å²) in [5.41, 5.74) is 0.341. The molecule has 0 radical (unpaired) electrons. The number of benzene rings is 2. The standard InChI is InChI=1S/C24H31ClO8/c1-2-32-18-6-3-14(4-7-18)9-15-10-16(5-8-19(15)25)24(11-17(28)12-26)23(31)22(30)21(29)20(13-27)33-24/h3-8,10,17,20-23,26-31H,2,9,11-13H2,1H3/t17-,20+,21+,22-,23+,24?/m0/s1. The minimum atomic E-state index is -1.70. The highest BCUT2D eigenvalue weighted by molar-refractivity contribution is 6.31. The van der Waals surface area contributed by atoms with Crippen molar-refractivity contribution in [3.63, 3.8) is 0 Å². The number of aliphatic hydroxyl groups is 6. The number of ether oxygens (including phenoxy) is 2. The second-order valence-electron chi connectivity index (χ2n) is 8.25. The third kappa shape index (κ3) is 5.50. The highest BCUT2D eigenvalue weighted by Crippen LogP contribution is 2.43. The zero-order valence-corrected chi connectivity index (χ0v) is 19.1. The van der Waals surface area contributed by atoms with Gasteiger partial charge < -0.3 is 40.1 Å². The van der Waals surface area contributed by atoms with Crippen LogP contribution in [-0.4, -0.2) is 81.0 Å². The fourth-order valence-corrected chi connectivity index (χ4v) is 4.43. The molecular formula is C24H31ClO8. The second-order valence-corrected chi connectivity index (χ2v) is 8.66. The van der Waals surface area contributed by atoms with E-state index in [1.807, 2.05) is 31.2 Å². The monoisotopic (exact) mass is 482 g/mol. The van der Waals surface area contributed by atoms with Gasteiger partial charge in [0, 0.05) is 11.4 Å². The smallest absolute Gasteiger partial charge is 0.125 e. The van der Waals surface area contributed by atoms with E-state index in [2.05, 4.69) is 0 Å². The summed E-state index contributed by atoms with van der Waals surface area (Å²) >= 11 is 6.44. The van der Waals surface area contributed by atoms with E-state index in [9.17, 15) is 30.6 Å². The predicted octanol–water partition coefficient (Wildman–Crippen LogP) is 0.742. The molecule has 8 nitrogen and oxygen atoms in total. The largest absolute Gasteiger partial charge is 0.494 e. The van der Waals surface area contributed by atoms with Crippen molar-refractivity contribution >= 4 is 11.6 Å². The first-order chi connectivity index (χ1) is 15.7. The van der Waals surface area contributed by atoms with E-state index in [1.165, 1.54) is 0 Å². The van der Waals surface area contributed by atoms with Crippen LogP contribution >= 0.6 is 11.6 Å². The Morgan fingerprint density at radius 2 is 1.76 bits per heavy atom. The maximum absolute atomic E-state index is 10.9. The first kappa shape index (κ1) is 25.9. The Kier molecular flexibility index (Phi) is 8.71. The summed E-state index contributed by atoms with van der Waals surface area (Å²) in [5.74, 6) is 0.749. The summed E-state index contributed by atoms with van der Waals surface area (Å²) in [5, 5.41) is 61.4. The maximum Gasteiger partial charge on any atom is 0.125 e. The fraction of sp³-hybridized carbons (Fsp3) is 0.500. The molecule has 0 saturated carbocycles. The fourth-order valence-electron chi connectivity index (χ4n) is 4.24. The van der Waals surface area contributed by atoms with Gasteiger partial charge in [0.05, 0.1) is 25.9 Å². The second kappa shape index (κ2) is 11.1. The van der Waals surface area contributed by atoms with Gasteiger partial charge in [0.2, 0.25) is 0 Å². The van der Waals surface area contributed by atoms with Crippen molar-refractivity contribution in [3.8, 4) is 5.75 Å². The number of hydrogen-bond acceptors (Lipinski definition) is 8. The zero-order chi connectivity index (χ0) is 24.2. The Bertz CT molecular complexity index is 906. The quantitative estimate of drug-likeness (QED) is 0.307. The van der Waals surface area contributed by atoms with Crippen molar-refractivity contribution in [2.24, 2.45) is 0 Å².